The SMILES string of the molecule is COc1cccc(N2CCN(c3nc4ccc(F)cc4o3)CC2)n1. The lowest BCUT2D eigenvalue weighted by atomic mass is 10.3. The molecule has 1 aliphatic heterocycles. The number of hydrogen-bond donors (Lipinski definition) is 0. The average molecular weight is 328 g/mol. The molecule has 6 nitrogen and oxygen atoms in total. The lowest BCUT2D eigenvalue weighted by Crippen LogP contribution is -2.47. The van der Waals surface area contributed by atoms with E-state index in [1.807, 2.05) is 18.2 Å². The predicted molar refractivity (Wildman–Crippen MR) is 89.2 cm³/mol. The topological polar surface area (TPSA) is 54.6 Å². The first-order chi connectivity index (χ1) is 11.7. The molecule has 3 heterocycles. The largest absolute Gasteiger partial charge is 0.481 e. The van der Waals surface area contributed by atoms with Gasteiger partial charge in [0.2, 0.25) is 5.88 Å². The van der Waals surface area contributed by atoms with Gasteiger partial charge in [0, 0.05) is 38.3 Å². The van der Waals surface area contributed by atoms with E-state index in [4.69, 9.17) is 9.15 Å². The molecule has 2 aromatic heterocycles. The van der Waals surface area contributed by atoms with E-state index in [2.05, 4.69) is 19.8 Å². The van der Waals surface area contributed by atoms with E-state index in [-0.39, 0.29) is 5.82 Å². The molecule has 0 N–H and O–H groups in total. The van der Waals surface area contributed by atoms with Gasteiger partial charge in [0.25, 0.3) is 6.01 Å². The molecule has 0 atom stereocenters. The van der Waals surface area contributed by atoms with Crippen molar-refractivity contribution < 1.29 is 13.5 Å². The Kier molecular flexibility index (Phi) is 3.68. The van der Waals surface area contributed by atoms with Crippen LogP contribution >= 0.6 is 0 Å². The highest BCUT2D eigenvalue weighted by Gasteiger charge is 2.22. The van der Waals surface area contributed by atoms with Crippen molar-refractivity contribution in [2.75, 3.05) is 43.1 Å². The molecule has 0 unspecified atom stereocenters. The number of ether oxygens (including phenoxy) is 1. The molecule has 0 aliphatic carbocycles. The number of nitrogens with zero attached hydrogens (tertiary/aromatic N) is 4. The molecule has 0 saturated carbocycles. The number of oxazole rings is 1. The zero-order chi connectivity index (χ0) is 16.5. The summed E-state index contributed by atoms with van der Waals surface area (Å²) in [7, 11) is 1.61. The quantitative estimate of drug-likeness (QED) is 0.737. The normalized spacial score (nSPS) is 15.1. The van der Waals surface area contributed by atoms with E-state index < -0.39 is 0 Å². The molecule has 0 bridgehead atoms. The van der Waals surface area contributed by atoms with E-state index >= 15 is 0 Å². The van der Waals surface area contributed by atoms with Gasteiger partial charge in [0.15, 0.2) is 5.58 Å². The van der Waals surface area contributed by atoms with Crippen molar-refractivity contribution in [1.82, 2.24) is 9.97 Å². The zero-order valence-corrected chi connectivity index (χ0v) is 13.3. The highest BCUT2D eigenvalue weighted by atomic mass is 19.1. The molecule has 24 heavy (non-hydrogen) atoms. The van der Waals surface area contributed by atoms with Gasteiger partial charge in [-0.2, -0.15) is 9.97 Å². The van der Waals surface area contributed by atoms with Crippen LogP contribution in [0.5, 0.6) is 5.88 Å². The van der Waals surface area contributed by atoms with Gasteiger partial charge in [-0.15, -0.1) is 0 Å². The molecule has 1 aromatic carbocycles. The first-order valence-corrected chi connectivity index (χ1v) is 7.80. The highest BCUT2D eigenvalue weighted by Crippen LogP contribution is 2.24. The number of hydrogen-bond acceptors (Lipinski definition) is 6. The van der Waals surface area contributed by atoms with Crippen LogP contribution in [0.2, 0.25) is 0 Å². The summed E-state index contributed by atoms with van der Waals surface area (Å²) < 4.78 is 24.1. The number of piperazine rings is 1. The lowest BCUT2D eigenvalue weighted by molar-refractivity contribution is 0.397. The van der Waals surface area contributed by atoms with Gasteiger partial charge in [-0.3, -0.25) is 0 Å². The number of methoxy groups -OCH3 is 1. The maximum Gasteiger partial charge on any atom is 0.298 e. The molecule has 0 amide bonds. The first kappa shape index (κ1) is 14.7. The third-order valence-electron chi connectivity index (χ3n) is 4.13. The van der Waals surface area contributed by atoms with Gasteiger partial charge in [0.1, 0.15) is 17.2 Å². The molecule has 0 radical (unpaired) electrons. The third kappa shape index (κ3) is 2.73. The summed E-state index contributed by atoms with van der Waals surface area (Å²) in [6, 6.07) is 10.7. The van der Waals surface area contributed by atoms with Crippen LogP contribution < -0.4 is 14.5 Å². The fourth-order valence-corrected chi connectivity index (χ4v) is 2.84. The summed E-state index contributed by atoms with van der Waals surface area (Å²) in [6.45, 7) is 3.11. The fourth-order valence-electron chi connectivity index (χ4n) is 2.84. The monoisotopic (exact) mass is 328 g/mol. The molecule has 7 heteroatoms. The van der Waals surface area contributed by atoms with Crippen LogP contribution in [0, 0.1) is 5.82 Å². The third-order valence-corrected chi connectivity index (χ3v) is 4.13. The molecule has 1 fully saturated rings. The van der Waals surface area contributed by atoms with E-state index in [1.54, 1.807) is 13.2 Å². The van der Waals surface area contributed by atoms with Crippen LogP contribution in [0.1, 0.15) is 0 Å². The molecule has 4 rings (SSSR count). The Morgan fingerprint density at radius 2 is 1.83 bits per heavy atom. The molecule has 3 aromatic rings. The van der Waals surface area contributed by atoms with E-state index in [9.17, 15) is 4.39 Å². The van der Waals surface area contributed by atoms with Gasteiger partial charge < -0.3 is 19.0 Å². The number of pyridine rings is 1. The maximum atomic E-state index is 13.3. The highest BCUT2D eigenvalue weighted by molar-refractivity contribution is 5.74. The van der Waals surface area contributed by atoms with Crippen LogP contribution in [-0.2, 0) is 0 Å². The number of anilines is 2. The van der Waals surface area contributed by atoms with Crippen molar-refractivity contribution in [3.8, 4) is 5.88 Å². The van der Waals surface area contributed by atoms with Crippen molar-refractivity contribution in [2.45, 2.75) is 0 Å². The Bertz CT molecular complexity index is 859. The minimum Gasteiger partial charge on any atom is -0.481 e. The predicted octanol–water partition coefficient (Wildman–Crippen LogP) is 2.70. The van der Waals surface area contributed by atoms with Gasteiger partial charge >= 0.3 is 0 Å². The minimum absolute atomic E-state index is 0.320. The molecule has 124 valence electrons. The van der Waals surface area contributed by atoms with Crippen molar-refractivity contribution in [2.24, 2.45) is 0 Å². The minimum atomic E-state index is -0.320. The summed E-state index contributed by atoms with van der Waals surface area (Å²) in [5, 5.41) is 0. The molecule has 1 saturated heterocycles. The van der Waals surface area contributed by atoms with Crippen LogP contribution in [0.25, 0.3) is 11.1 Å². The summed E-state index contributed by atoms with van der Waals surface area (Å²) in [5.41, 5.74) is 1.14. The van der Waals surface area contributed by atoms with Crippen molar-refractivity contribution in [3.63, 3.8) is 0 Å². The Labute approximate surface area is 138 Å². The summed E-state index contributed by atoms with van der Waals surface area (Å²) in [5.74, 6) is 1.18. The Balaban J connectivity index is 1.48. The standard InChI is InChI=1S/C17H17FN4O2/c1-23-16-4-2-3-15(20-16)21-7-9-22(10-8-21)17-19-13-6-5-12(18)11-14(13)24-17/h2-6,11H,7-10H2,1H3. The number of benzene rings is 1. The Morgan fingerprint density at radius 1 is 1.04 bits per heavy atom. The summed E-state index contributed by atoms with van der Waals surface area (Å²) in [6.07, 6.45) is 0. The molecule has 0 spiro atoms. The van der Waals surface area contributed by atoms with Crippen molar-refractivity contribution >= 4 is 22.9 Å². The first-order valence-electron chi connectivity index (χ1n) is 7.80. The fraction of sp³-hybridized carbons (Fsp3) is 0.294. The Morgan fingerprint density at radius 3 is 2.62 bits per heavy atom. The lowest BCUT2D eigenvalue weighted by Gasteiger charge is -2.34. The van der Waals surface area contributed by atoms with Crippen LogP contribution in [0.15, 0.2) is 40.8 Å². The second-order valence-corrected chi connectivity index (χ2v) is 5.62. The zero-order valence-electron chi connectivity index (χ0n) is 13.3. The smallest absolute Gasteiger partial charge is 0.298 e. The van der Waals surface area contributed by atoms with E-state index in [0.29, 0.717) is 23.0 Å². The van der Waals surface area contributed by atoms with Gasteiger partial charge in [0.05, 0.1) is 7.11 Å². The van der Waals surface area contributed by atoms with Gasteiger partial charge in [-0.1, -0.05) is 6.07 Å². The maximum absolute atomic E-state index is 13.3. The van der Waals surface area contributed by atoms with E-state index in [1.165, 1.54) is 12.1 Å². The average Bonchev–Trinajstić information content (AvgIpc) is 3.05. The number of fused-ring (bicyclic) bond motifs is 1. The van der Waals surface area contributed by atoms with Crippen LogP contribution in [-0.4, -0.2) is 43.3 Å². The van der Waals surface area contributed by atoms with Crippen molar-refractivity contribution in [3.05, 3.63) is 42.2 Å². The number of halogens is 1. The van der Waals surface area contributed by atoms with Gasteiger partial charge in [-0.05, 0) is 18.2 Å². The van der Waals surface area contributed by atoms with Crippen molar-refractivity contribution in [1.29, 1.82) is 0 Å². The van der Waals surface area contributed by atoms with Gasteiger partial charge in [-0.25, -0.2) is 4.39 Å². The summed E-state index contributed by atoms with van der Waals surface area (Å²) in [4.78, 5) is 13.2. The Hall–Kier alpha value is -2.83. The summed E-state index contributed by atoms with van der Waals surface area (Å²) >= 11 is 0. The molecular formula is C17H17FN4O2. The second kappa shape index (κ2) is 5.99. The number of aromatic nitrogens is 2. The van der Waals surface area contributed by atoms with E-state index in [0.717, 1.165) is 32.0 Å². The second-order valence-electron chi connectivity index (χ2n) is 5.62. The number of rotatable bonds is 3. The van der Waals surface area contributed by atoms with Crippen LogP contribution in [0.4, 0.5) is 16.2 Å². The van der Waals surface area contributed by atoms with Crippen LogP contribution in [0.3, 0.4) is 0 Å². The molecular weight excluding hydrogens is 311 g/mol. The molecule has 1 aliphatic rings.